The van der Waals surface area contributed by atoms with E-state index in [1.54, 1.807) is 37.1 Å². The first-order valence-corrected chi connectivity index (χ1v) is 12.7. The molecule has 0 unspecified atom stereocenters. The van der Waals surface area contributed by atoms with Gasteiger partial charge in [-0.2, -0.15) is 9.49 Å². The third-order valence-electron chi connectivity index (χ3n) is 6.34. The average Bonchev–Trinajstić information content (AvgIpc) is 3.70. The lowest BCUT2D eigenvalue weighted by atomic mass is 10.1. The third-order valence-corrected chi connectivity index (χ3v) is 7.25. The van der Waals surface area contributed by atoms with Crippen LogP contribution in [-0.4, -0.2) is 30.1 Å². The summed E-state index contributed by atoms with van der Waals surface area (Å²) in [7, 11) is 0. The highest BCUT2D eigenvalue weighted by Gasteiger charge is 2.16. The van der Waals surface area contributed by atoms with Crippen molar-refractivity contribution in [1.82, 2.24) is 30.1 Å². The van der Waals surface area contributed by atoms with Crippen molar-refractivity contribution in [3.8, 4) is 38.8 Å². The van der Waals surface area contributed by atoms with Crippen molar-refractivity contribution in [3.63, 3.8) is 0 Å². The molecule has 2 N–H and O–H groups in total. The molecule has 184 valence electrons. The number of nitrogens with zero attached hydrogens (tertiary/aromatic N) is 4. The van der Waals surface area contributed by atoms with Crippen LogP contribution in [0.5, 0.6) is 5.75 Å². The van der Waals surface area contributed by atoms with Crippen LogP contribution in [0.3, 0.4) is 0 Å². The number of pyridine rings is 3. The lowest BCUT2D eigenvalue weighted by Crippen LogP contribution is -1.96. The van der Waals surface area contributed by atoms with E-state index in [-0.39, 0.29) is 5.13 Å². The fourth-order valence-electron chi connectivity index (χ4n) is 4.49. The summed E-state index contributed by atoms with van der Waals surface area (Å²) in [6.45, 7) is 0.458. The number of ether oxygens (including phenoxy) is 1. The van der Waals surface area contributed by atoms with Gasteiger partial charge in [-0.1, -0.05) is 30.3 Å². The van der Waals surface area contributed by atoms with Crippen LogP contribution in [0.15, 0.2) is 91.6 Å². The van der Waals surface area contributed by atoms with Crippen LogP contribution in [0.1, 0.15) is 5.56 Å². The minimum absolute atomic E-state index is 0.227. The molecule has 0 aliphatic rings. The number of rotatable bonds is 6. The predicted molar refractivity (Wildman–Crippen MR) is 146 cm³/mol. The molecule has 6 aromatic heterocycles. The Balaban J connectivity index is 1.24. The fourth-order valence-corrected chi connectivity index (χ4v) is 5.25. The molecule has 7 nitrogen and oxygen atoms in total. The van der Waals surface area contributed by atoms with Crippen molar-refractivity contribution in [2.45, 2.75) is 6.61 Å². The van der Waals surface area contributed by atoms with Gasteiger partial charge in [0.05, 0.1) is 41.0 Å². The Labute approximate surface area is 220 Å². The second-order valence-electron chi connectivity index (χ2n) is 8.81. The Morgan fingerprint density at radius 3 is 2.61 bits per heavy atom. The Hall–Kier alpha value is -4.89. The maximum Gasteiger partial charge on any atom is 0.176 e. The fraction of sp³-hybridized carbons (Fsp3) is 0.0345. The topological polar surface area (TPSA) is 92.4 Å². The number of thiophene rings is 1. The van der Waals surface area contributed by atoms with Gasteiger partial charge in [-0.25, -0.2) is 0 Å². The number of fused-ring (bicyclic) bond motifs is 2. The van der Waals surface area contributed by atoms with Crippen LogP contribution in [0.4, 0.5) is 4.39 Å². The van der Waals surface area contributed by atoms with Gasteiger partial charge >= 0.3 is 0 Å². The lowest BCUT2D eigenvalue weighted by molar-refractivity contribution is 0.305. The molecule has 6 heterocycles. The summed E-state index contributed by atoms with van der Waals surface area (Å²) in [6, 6.07) is 19.2. The van der Waals surface area contributed by atoms with E-state index in [9.17, 15) is 4.39 Å². The summed E-state index contributed by atoms with van der Waals surface area (Å²) in [4.78, 5) is 17.6. The van der Waals surface area contributed by atoms with Gasteiger partial charge in [-0.3, -0.25) is 20.1 Å². The van der Waals surface area contributed by atoms with Crippen LogP contribution in [0.25, 0.3) is 54.9 Å². The Kier molecular flexibility index (Phi) is 5.41. The van der Waals surface area contributed by atoms with Crippen LogP contribution < -0.4 is 4.74 Å². The minimum Gasteiger partial charge on any atom is -0.487 e. The highest BCUT2D eigenvalue weighted by molar-refractivity contribution is 7.14. The van der Waals surface area contributed by atoms with Crippen molar-refractivity contribution in [1.29, 1.82) is 0 Å². The van der Waals surface area contributed by atoms with E-state index in [2.05, 4.69) is 30.1 Å². The summed E-state index contributed by atoms with van der Waals surface area (Å²) < 4.78 is 19.7. The van der Waals surface area contributed by atoms with E-state index in [1.165, 1.54) is 6.07 Å². The average molecular weight is 519 g/mol. The van der Waals surface area contributed by atoms with E-state index < -0.39 is 0 Å². The minimum atomic E-state index is -0.227. The van der Waals surface area contributed by atoms with Crippen LogP contribution in [-0.2, 0) is 6.61 Å². The summed E-state index contributed by atoms with van der Waals surface area (Å²) in [5, 5.41) is 9.28. The molecule has 7 aromatic rings. The maximum atomic E-state index is 13.7. The third kappa shape index (κ3) is 4.08. The molecule has 0 saturated carbocycles. The largest absolute Gasteiger partial charge is 0.487 e. The first-order valence-electron chi connectivity index (χ1n) is 11.9. The van der Waals surface area contributed by atoms with E-state index in [4.69, 9.17) is 4.74 Å². The molecule has 0 aliphatic carbocycles. The molecule has 0 radical (unpaired) electrons. The Bertz CT molecular complexity index is 1910. The molecule has 0 fully saturated rings. The molecule has 0 atom stereocenters. The van der Waals surface area contributed by atoms with E-state index >= 15 is 0 Å². The zero-order valence-corrected chi connectivity index (χ0v) is 20.7. The number of hydrogen-bond donors (Lipinski definition) is 2. The van der Waals surface area contributed by atoms with Gasteiger partial charge in [0, 0.05) is 39.2 Å². The second kappa shape index (κ2) is 9.20. The van der Waals surface area contributed by atoms with Crippen molar-refractivity contribution >= 4 is 33.1 Å². The summed E-state index contributed by atoms with van der Waals surface area (Å²) in [5.41, 5.74) is 6.80. The molecule has 38 heavy (non-hydrogen) atoms. The number of hydrogen-bond acceptors (Lipinski definition) is 6. The molecule has 7 rings (SSSR count). The predicted octanol–water partition coefficient (Wildman–Crippen LogP) is 7.01. The normalized spacial score (nSPS) is 11.4. The summed E-state index contributed by atoms with van der Waals surface area (Å²) in [6.07, 6.45) is 8.76. The smallest absolute Gasteiger partial charge is 0.176 e. The molecular formula is C29H19FN6OS. The van der Waals surface area contributed by atoms with E-state index in [0.29, 0.717) is 12.4 Å². The quantitative estimate of drug-likeness (QED) is 0.247. The number of nitrogens with one attached hydrogen (secondary N) is 2. The first-order chi connectivity index (χ1) is 18.7. The van der Waals surface area contributed by atoms with E-state index in [0.717, 1.165) is 71.8 Å². The maximum absolute atomic E-state index is 13.7. The van der Waals surface area contributed by atoms with Gasteiger partial charge in [-0.15, -0.1) is 11.3 Å². The van der Waals surface area contributed by atoms with E-state index in [1.807, 2.05) is 48.5 Å². The van der Waals surface area contributed by atoms with Gasteiger partial charge in [0.25, 0.3) is 0 Å². The highest BCUT2D eigenvalue weighted by Crippen LogP contribution is 2.36. The zero-order valence-electron chi connectivity index (χ0n) is 19.9. The Morgan fingerprint density at radius 2 is 1.74 bits per heavy atom. The van der Waals surface area contributed by atoms with Crippen molar-refractivity contribution in [3.05, 3.63) is 102 Å². The molecule has 9 heteroatoms. The molecule has 0 saturated heterocycles. The first kappa shape index (κ1) is 22.3. The summed E-state index contributed by atoms with van der Waals surface area (Å²) >= 11 is 1.10. The van der Waals surface area contributed by atoms with Gasteiger partial charge in [0.1, 0.15) is 18.1 Å². The van der Waals surface area contributed by atoms with Crippen molar-refractivity contribution in [2.75, 3.05) is 0 Å². The standard InChI is InChI=1S/C29H19FN6OS/c30-28-7-6-27(38-28)22-13-32-14-25-20(22)9-24(34-25)29-21-10-23(33-15-26(21)35-36-29)18-8-19(12-31-11-18)37-16-17-4-2-1-3-5-17/h1-15,34H,16H2,(H,35,36). The number of halogens is 1. The molecule has 0 amide bonds. The zero-order chi connectivity index (χ0) is 25.5. The van der Waals surface area contributed by atoms with Crippen LogP contribution >= 0.6 is 11.3 Å². The second-order valence-corrected chi connectivity index (χ2v) is 9.84. The molecule has 0 spiro atoms. The molecular weight excluding hydrogens is 499 g/mol. The molecule has 0 aliphatic heterocycles. The van der Waals surface area contributed by atoms with Gasteiger partial charge < -0.3 is 9.72 Å². The lowest BCUT2D eigenvalue weighted by Gasteiger charge is -2.08. The van der Waals surface area contributed by atoms with Crippen LogP contribution in [0.2, 0.25) is 0 Å². The van der Waals surface area contributed by atoms with Crippen molar-refractivity contribution < 1.29 is 9.13 Å². The monoisotopic (exact) mass is 518 g/mol. The summed E-state index contributed by atoms with van der Waals surface area (Å²) in [5.74, 6) is 0.668. The SMILES string of the molecule is Fc1ccc(-c2cncc3[nH]c(-c4n[nH]c5cnc(-c6cncc(OCc7ccccc7)c6)cc45)cc23)s1. The van der Waals surface area contributed by atoms with Crippen LogP contribution in [0, 0.1) is 5.13 Å². The number of aromatic nitrogens is 6. The van der Waals surface area contributed by atoms with Gasteiger partial charge in [0.2, 0.25) is 0 Å². The Morgan fingerprint density at radius 1 is 0.842 bits per heavy atom. The number of H-pyrrole nitrogens is 2. The number of aromatic amines is 2. The molecule has 1 aromatic carbocycles. The van der Waals surface area contributed by atoms with Gasteiger partial charge in [-0.05, 0) is 35.9 Å². The molecule has 0 bridgehead atoms. The van der Waals surface area contributed by atoms with Crippen molar-refractivity contribution in [2.24, 2.45) is 0 Å². The van der Waals surface area contributed by atoms with Gasteiger partial charge in [0.15, 0.2) is 5.13 Å². The highest BCUT2D eigenvalue weighted by atomic mass is 32.1. The number of benzene rings is 1.